The van der Waals surface area contributed by atoms with Crippen LogP contribution in [0.1, 0.15) is 6.92 Å². The minimum Gasteiger partial charge on any atom is -0.425 e. The molecule has 0 saturated carbocycles. The van der Waals surface area contributed by atoms with E-state index < -0.39 is 7.60 Å². The Morgan fingerprint density at radius 2 is 1.80 bits per heavy atom. The molecule has 0 aromatic heterocycles. The zero-order valence-electron chi connectivity index (χ0n) is 5.95. The topological polar surface area (TPSA) is 35.5 Å². The van der Waals surface area contributed by atoms with Gasteiger partial charge in [-0.2, -0.15) is 0 Å². The molecule has 0 amide bonds. The van der Waals surface area contributed by atoms with Gasteiger partial charge in [0.1, 0.15) is 0 Å². The third kappa shape index (κ3) is 2.74. The molecule has 0 saturated heterocycles. The van der Waals surface area contributed by atoms with E-state index in [0.29, 0.717) is 6.16 Å². The average molecular weight is 162 g/mol. The second-order valence-corrected chi connectivity index (χ2v) is 3.75. The van der Waals surface area contributed by atoms with Crippen molar-refractivity contribution in [2.75, 3.05) is 6.16 Å². The third-order valence-electron chi connectivity index (χ3n) is 0.858. The van der Waals surface area contributed by atoms with Crippen LogP contribution in [0.5, 0.6) is 0 Å². The summed E-state index contributed by atoms with van der Waals surface area (Å²) in [5.41, 5.74) is 0. The Bertz CT molecular complexity index is 150. The van der Waals surface area contributed by atoms with Crippen LogP contribution in [0, 0.1) is 0 Å². The molecule has 0 bridgehead atoms. The standard InChI is InChI=1S/C6H11O3P/c1-4-8-10(7,6-3)9-5-2/h4-5H,1-2,6H2,3H3. The molecule has 4 heteroatoms. The van der Waals surface area contributed by atoms with Gasteiger partial charge in [0.05, 0.1) is 18.7 Å². The van der Waals surface area contributed by atoms with Crippen molar-refractivity contribution in [1.82, 2.24) is 0 Å². The second kappa shape index (κ2) is 4.18. The summed E-state index contributed by atoms with van der Waals surface area (Å²) >= 11 is 0. The Morgan fingerprint density at radius 3 is 2.00 bits per heavy atom. The maximum atomic E-state index is 11.2. The summed E-state index contributed by atoms with van der Waals surface area (Å²) in [5.74, 6) is 0. The van der Waals surface area contributed by atoms with Gasteiger partial charge >= 0.3 is 7.60 Å². The first-order valence-corrected chi connectivity index (χ1v) is 4.59. The molecule has 58 valence electrons. The van der Waals surface area contributed by atoms with Crippen molar-refractivity contribution in [3.63, 3.8) is 0 Å². The van der Waals surface area contributed by atoms with Gasteiger partial charge in [0.2, 0.25) is 0 Å². The summed E-state index contributed by atoms with van der Waals surface area (Å²) in [6, 6.07) is 0. The Labute approximate surface area is 60.9 Å². The van der Waals surface area contributed by atoms with E-state index in [4.69, 9.17) is 0 Å². The van der Waals surface area contributed by atoms with Gasteiger partial charge < -0.3 is 9.05 Å². The first kappa shape index (κ1) is 9.31. The second-order valence-electron chi connectivity index (χ2n) is 1.47. The lowest BCUT2D eigenvalue weighted by Gasteiger charge is -2.12. The van der Waals surface area contributed by atoms with E-state index in [9.17, 15) is 4.57 Å². The summed E-state index contributed by atoms with van der Waals surface area (Å²) < 4.78 is 20.5. The van der Waals surface area contributed by atoms with Crippen LogP contribution in [-0.2, 0) is 13.6 Å². The van der Waals surface area contributed by atoms with Crippen molar-refractivity contribution >= 4 is 7.60 Å². The number of rotatable bonds is 5. The highest BCUT2D eigenvalue weighted by atomic mass is 31.2. The lowest BCUT2D eigenvalue weighted by molar-refractivity contribution is 0.330. The largest absolute Gasteiger partial charge is 0.429 e. The van der Waals surface area contributed by atoms with Crippen LogP contribution in [-0.4, -0.2) is 6.16 Å². The minimum atomic E-state index is -2.94. The van der Waals surface area contributed by atoms with E-state index in [1.54, 1.807) is 6.92 Å². The normalized spacial score (nSPS) is 10.1. The van der Waals surface area contributed by atoms with Crippen molar-refractivity contribution in [2.45, 2.75) is 6.92 Å². The van der Waals surface area contributed by atoms with Crippen molar-refractivity contribution in [1.29, 1.82) is 0 Å². The van der Waals surface area contributed by atoms with E-state index in [2.05, 4.69) is 22.2 Å². The van der Waals surface area contributed by atoms with Crippen LogP contribution in [0.25, 0.3) is 0 Å². The molecule has 0 aliphatic heterocycles. The molecule has 10 heavy (non-hydrogen) atoms. The number of hydrogen-bond acceptors (Lipinski definition) is 3. The molecular formula is C6H11O3P. The van der Waals surface area contributed by atoms with Gasteiger partial charge in [-0.25, -0.2) is 4.57 Å². The molecule has 0 rings (SSSR count). The zero-order valence-corrected chi connectivity index (χ0v) is 6.84. The Kier molecular flexibility index (Phi) is 3.89. The van der Waals surface area contributed by atoms with E-state index in [1.807, 2.05) is 0 Å². The van der Waals surface area contributed by atoms with Crippen LogP contribution < -0.4 is 0 Å². The molecule has 0 unspecified atom stereocenters. The smallest absolute Gasteiger partial charge is 0.425 e. The van der Waals surface area contributed by atoms with Gasteiger partial charge in [-0.1, -0.05) is 20.1 Å². The Hall–Kier alpha value is -0.690. The summed E-state index contributed by atoms with van der Waals surface area (Å²) in [5, 5.41) is 0. The average Bonchev–Trinajstić information content (AvgIpc) is 1.89. The minimum absolute atomic E-state index is 0.311. The molecule has 0 atom stereocenters. The quantitative estimate of drug-likeness (QED) is 0.460. The highest BCUT2D eigenvalue weighted by Crippen LogP contribution is 2.47. The fourth-order valence-electron chi connectivity index (χ4n) is 0.401. The Morgan fingerprint density at radius 1 is 1.40 bits per heavy atom. The van der Waals surface area contributed by atoms with Crippen LogP contribution >= 0.6 is 7.60 Å². The van der Waals surface area contributed by atoms with E-state index in [0.717, 1.165) is 12.5 Å². The fraction of sp³-hybridized carbons (Fsp3) is 0.333. The SMILES string of the molecule is C=COP(=O)(CC)OC=C. The Balaban J connectivity index is 4.07. The van der Waals surface area contributed by atoms with Crippen molar-refractivity contribution in [2.24, 2.45) is 0 Å². The molecule has 0 aromatic rings. The molecule has 0 aliphatic rings. The van der Waals surface area contributed by atoms with Crippen LogP contribution in [0.15, 0.2) is 25.7 Å². The summed E-state index contributed by atoms with van der Waals surface area (Å²) in [6.07, 6.45) is 2.52. The molecular weight excluding hydrogens is 151 g/mol. The molecule has 0 fully saturated rings. The molecule has 0 radical (unpaired) electrons. The summed E-state index contributed by atoms with van der Waals surface area (Å²) in [4.78, 5) is 0. The first-order valence-electron chi connectivity index (χ1n) is 2.86. The predicted molar refractivity (Wildman–Crippen MR) is 40.7 cm³/mol. The first-order chi connectivity index (χ1) is 4.68. The molecule has 3 nitrogen and oxygen atoms in total. The van der Waals surface area contributed by atoms with E-state index >= 15 is 0 Å². The predicted octanol–water partition coefficient (Wildman–Crippen LogP) is 2.52. The highest BCUT2D eigenvalue weighted by Gasteiger charge is 2.19. The van der Waals surface area contributed by atoms with Gasteiger partial charge in [0.15, 0.2) is 0 Å². The molecule has 0 spiro atoms. The third-order valence-corrected chi connectivity index (χ3v) is 2.57. The lowest BCUT2D eigenvalue weighted by Crippen LogP contribution is -1.87. The fourth-order valence-corrected chi connectivity index (χ4v) is 1.20. The molecule has 0 N–H and O–H groups in total. The van der Waals surface area contributed by atoms with Gasteiger partial charge in [-0.05, 0) is 0 Å². The lowest BCUT2D eigenvalue weighted by atomic mass is 11.0. The zero-order chi connectivity index (χ0) is 8.04. The maximum Gasteiger partial charge on any atom is 0.429 e. The van der Waals surface area contributed by atoms with Gasteiger partial charge in [0.25, 0.3) is 0 Å². The van der Waals surface area contributed by atoms with Crippen molar-refractivity contribution in [3.8, 4) is 0 Å². The molecule has 0 aliphatic carbocycles. The maximum absolute atomic E-state index is 11.2. The highest BCUT2D eigenvalue weighted by molar-refractivity contribution is 7.53. The van der Waals surface area contributed by atoms with Gasteiger partial charge in [-0.3, -0.25) is 0 Å². The summed E-state index contributed by atoms with van der Waals surface area (Å²) in [6.45, 7) is 8.24. The van der Waals surface area contributed by atoms with Crippen LogP contribution in [0.4, 0.5) is 0 Å². The van der Waals surface area contributed by atoms with Crippen LogP contribution in [0.2, 0.25) is 0 Å². The van der Waals surface area contributed by atoms with Gasteiger partial charge in [-0.15, -0.1) is 0 Å². The van der Waals surface area contributed by atoms with Crippen LogP contribution in [0.3, 0.4) is 0 Å². The van der Waals surface area contributed by atoms with E-state index in [1.165, 1.54) is 0 Å². The monoisotopic (exact) mass is 162 g/mol. The number of hydrogen-bond donors (Lipinski definition) is 0. The van der Waals surface area contributed by atoms with Crippen molar-refractivity contribution in [3.05, 3.63) is 25.7 Å². The van der Waals surface area contributed by atoms with Crippen molar-refractivity contribution < 1.29 is 13.6 Å². The summed E-state index contributed by atoms with van der Waals surface area (Å²) in [7, 11) is -2.94. The van der Waals surface area contributed by atoms with Gasteiger partial charge in [0, 0.05) is 0 Å². The molecule has 0 aromatic carbocycles. The molecule has 0 heterocycles. The van der Waals surface area contributed by atoms with E-state index in [-0.39, 0.29) is 0 Å².